The van der Waals surface area contributed by atoms with Crippen molar-refractivity contribution in [1.29, 1.82) is 5.26 Å². The van der Waals surface area contributed by atoms with E-state index in [2.05, 4.69) is 31.4 Å². The summed E-state index contributed by atoms with van der Waals surface area (Å²) < 4.78 is 10.4. The highest BCUT2D eigenvalue weighted by Gasteiger charge is 2.19. The van der Waals surface area contributed by atoms with Crippen molar-refractivity contribution in [1.82, 2.24) is 24.6 Å². The monoisotopic (exact) mass is 451 g/mol. The highest BCUT2D eigenvalue weighted by molar-refractivity contribution is 7.96. The molecule has 4 rings (SSSR count). The zero-order valence-electron chi connectivity index (χ0n) is 17.8. The van der Waals surface area contributed by atoms with E-state index in [0.717, 1.165) is 23.9 Å². The molecule has 4 heterocycles. The van der Waals surface area contributed by atoms with E-state index in [1.807, 2.05) is 29.2 Å². The number of aromatic nitrogens is 3. The number of amides is 1. The molecule has 32 heavy (non-hydrogen) atoms. The number of carbonyl (C=O) groups is 1. The molecule has 0 radical (unpaired) electrons. The summed E-state index contributed by atoms with van der Waals surface area (Å²) in [5.41, 5.74) is 2.44. The lowest BCUT2D eigenvalue weighted by Crippen LogP contribution is -2.32. The van der Waals surface area contributed by atoms with Gasteiger partial charge in [-0.15, -0.1) is 0 Å². The molecule has 0 unspecified atom stereocenters. The maximum absolute atomic E-state index is 12.9. The number of nitriles is 1. The van der Waals surface area contributed by atoms with Crippen LogP contribution < -0.4 is 15.4 Å². The van der Waals surface area contributed by atoms with Crippen LogP contribution in [0.5, 0.6) is 0 Å². The van der Waals surface area contributed by atoms with Crippen LogP contribution in [0.3, 0.4) is 0 Å². The number of nitrogens with one attached hydrogen (secondary N) is 3. The number of fused-ring (bicyclic) bond motifs is 1. The highest BCUT2D eigenvalue weighted by atomic mass is 32.2. The first kappa shape index (κ1) is 22.1. The van der Waals surface area contributed by atoms with Crippen LogP contribution in [0.2, 0.25) is 0 Å². The predicted octanol–water partition coefficient (Wildman–Crippen LogP) is 2.48. The summed E-state index contributed by atoms with van der Waals surface area (Å²) in [6, 6.07) is 7.91. The Hall–Kier alpha value is -3.13. The standard InChI is InChI=1S/C22H25N7O2S/c1-32-27-6-5-24-22(30)18-14-25-20(11-19(18)28-17-3-8-31-9-4-17)29-7-2-16-10-15(12-23)13-26-21(16)29/h2,7,10-11,13-14,17,27H,3-6,8-9H2,1H3,(H,24,30)(H,25,28). The SMILES string of the molecule is CSNCCNC(=O)c1cnc(-n2ccc3cc(C#N)cnc32)cc1NC1CCOCC1. The van der Waals surface area contributed by atoms with Gasteiger partial charge in [0.1, 0.15) is 17.5 Å². The van der Waals surface area contributed by atoms with Gasteiger partial charge in [-0.25, -0.2) is 9.97 Å². The molecule has 1 fully saturated rings. The van der Waals surface area contributed by atoms with E-state index in [0.29, 0.717) is 48.9 Å². The van der Waals surface area contributed by atoms with Crippen LogP contribution in [0, 0.1) is 11.3 Å². The van der Waals surface area contributed by atoms with Crippen LogP contribution in [0.4, 0.5) is 5.69 Å². The number of hydrogen-bond acceptors (Lipinski definition) is 8. The molecule has 1 aliphatic rings. The summed E-state index contributed by atoms with van der Waals surface area (Å²) in [7, 11) is 0. The number of carbonyl (C=O) groups excluding carboxylic acids is 1. The summed E-state index contributed by atoms with van der Waals surface area (Å²) in [4.78, 5) is 21.8. The third kappa shape index (κ3) is 5.02. The molecular formula is C22H25N7O2S. The minimum absolute atomic E-state index is 0.171. The van der Waals surface area contributed by atoms with Crippen molar-refractivity contribution < 1.29 is 9.53 Å². The number of ether oxygens (including phenoxy) is 1. The highest BCUT2D eigenvalue weighted by Crippen LogP contribution is 2.24. The van der Waals surface area contributed by atoms with Gasteiger partial charge in [0.15, 0.2) is 0 Å². The van der Waals surface area contributed by atoms with Crippen molar-refractivity contribution in [2.24, 2.45) is 0 Å². The maximum atomic E-state index is 12.9. The van der Waals surface area contributed by atoms with Gasteiger partial charge in [0.2, 0.25) is 0 Å². The molecule has 0 aromatic carbocycles. The van der Waals surface area contributed by atoms with Gasteiger partial charge < -0.3 is 15.4 Å². The van der Waals surface area contributed by atoms with E-state index in [1.165, 1.54) is 11.9 Å². The van der Waals surface area contributed by atoms with Crippen LogP contribution in [0.25, 0.3) is 16.9 Å². The molecule has 166 valence electrons. The van der Waals surface area contributed by atoms with Crippen molar-refractivity contribution in [3.8, 4) is 11.9 Å². The minimum Gasteiger partial charge on any atom is -0.381 e. The molecule has 3 aromatic heterocycles. The molecule has 1 saturated heterocycles. The van der Waals surface area contributed by atoms with Gasteiger partial charge in [-0.3, -0.25) is 14.1 Å². The molecule has 3 aromatic rings. The summed E-state index contributed by atoms with van der Waals surface area (Å²) in [6.07, 6.45) is 8.71. The number of pyridine rings is 2. The van der Waals surface area contributed by atoms with E-state index < -0.39 is 0 Å². The van der Waals surface area contributed by atoms with Crippen molar-refractivity contribution in [3.05, 3.63) is 47.9 Å². The zero-order valence-corrected chi connectivity index (χ0v) is 18.6. The van der Waals surface area contributed by atoms with E-state index in [9.17, 15) is 4.79 Å². The van der Waals surface area contributed by atoms with Crippen LogP contribution in [0.15, 0.2) is 36.8 Å². The van der Waals surface area contributed by atoms with E-state index in [1.54, 1.807) is 18.5 Å². The Morgan fingerprint density at radius 2 is 2.12 bits per heavy atom. The summed E-state index contributed by atoms with van der Waals surface area (Å²) >= 11 is 1.51. The second kappa shape index (κ2) is 10.5. The Bertz CT molecular complexity index is 1140. The molecule has 1 aliphatic heterocycles. The largest absolute Gasteiger partial charge is 0.381 e. The molecule has 10 heteroatoms. The normalized spacial score (nSPS) is 14.2. The van der Waals surface area contributed by atoms with Gasteiger partial charge in [-0.05, 0) is 31.2 Å². The van der Waals surface area contributed by atoms with E-state index in [4.69, 9.17) is 10.00 Å². The third-order valence-electron chi connectivity index (χ3n) is 5.27. The molecular weight excluding hydrogens is 426 g/mol. The lowest BCUT2D eigenvalue weighted by Gasteiger charge is -2.25. The summed E-state index contributed by atoms with van der Waals surface area (Å²) in [5, 5.41) is 16.4. The molecule has 9 nitrogen and oxygen atoms in total. The summed E-state index contributed by atoms with van der Waals surface area (Å²) in [6.45, 7) is 2.59. The summed E-state index contributed by atoms with van der Waals surface area (Å²) in [5.74, 6) is 0.475. The van der Waals surface area contributed by atoms with Crippen LogP contribution in [-0.2, 0) is 4.74 Å². The second-order valence-corrected chi connectivity index (χ2v) is 8.10. The van der Waals surface area contributed by atoms with E-state index >= 15 is 0 Å². The van der Waals surface area contributed by atoms with Gasteiger partial charge in [-0.1, -0.05) is 11.9 Å². The molecule has 1 amide bonds. The average molecular weight is 452 g/mol. The van der Waals surface area contributed by atoms with Crippen LogP contribution in [-0.4, -0.2) is 59.0 Å². The van der Waals surface area contributed by atoms with Gasteiger partial charge in [0.05, 0.1) is 16.8 Å². The average Bonchev–Trinajstić information content (AvgIpc) is 3.25. The molecule has 0 bridgehead atoms. The van der Waals surface area contributed by atoms with Crippen molar-refractivity contribution in [2.45, 2.75) is 18.9 Å². The number of hydrogen-bond donors (Lipinski definition) is 3. The first-order chi connectivity index (χ1) is 15.7. The van der Waals surface area contributed by atoms with E-state index in [-0.39, 0.29) is 11.9 Å². The molecule has 0 spiro atoms. The Balaban J connectivity index is 1.65. The smallest absolute Gasteiger partial charge is 0.255 e. The topological polar surface area (TPSA) is 117 Å². The van der Waals surface area contributed by atoms with Gasteiger partial charge >= 0.3 is 0 Å². The van der Waals surface area contributed by atoms with Crippen molar-refractivity contribution >= 4 is 34.6 Å². The number of rotatable bonds is 8. The first-order valence-corrected chi connectivity index (χ1v) is 11.7. The fourth-order valence-electron chi connectivity index (χ4n) is 3.63. The van der Waals surface area contributed by atoms with Gasteiger partial charge in [0.25, 0.3) is 5.91 Å². The van der Waals surface area contributed by atoms with Gasteiger partial charge in [-0.2, -0.15) is 5.26 Å². The maximum Gasteiger partial charge on any atom is 0.255 e. The lowest BCUT2D eigenvalue weighted by atomic mass is 10.1. The molecule has 3 N–H and O–H groups in total. The molecule has 0 atom stereocenters. The predicted molar refractivity (Wildman–Crippen MR) is 125 cm³/mol. The van der Waals surface area contributed by atoms with Crippen LogP contribution >= 0.6 is 11.9 Å². The quantitative estimate of drug-likeness (QED) is 0.353. The van der Waals surface area contributed by atoms with Crippen molar-refractivity contribution in [3.63, 3.8) is 0 Å². The Labute approximate surface area is 190 Å². The lowest BCUT2D eigenvalue weighted by molar-refractivity contribution is 0.0903. The van der Waals surface area contributed by atoms with Gasteiger partial charge in [0, 0.05) is 62.4 Å². The fourth-order valence-corrected chi connectivity index (χ4v) is 3.94. The Morgan fingerprint density at radius 3 is 2.91 bits per heavy atom. The molecule has 0 saturated carbocycles. The first-order valence-electron chi connectivity index (χ1n) is 10.5. The number of anilines is 1. The zero-order chi connectivity index (χ0) is 22.3. The van der Waals surface area contributed by atoms with Crippen LogP contribution in [0.1, 0.15) is 28.8 Å². The molecule has 0 aliphatic carbocycles. The Kier molecular flexibility index (Phi) is 7.21. The Morgan fingerprint density at radius 1 is 1.28 bits per heavy atom. The fraction of sp³-hybridized carbons (Fsp3) is 0.364. The number of nitrogens with zero attached hydrogens (tertiary/aromatic N) is 4. The third-order valence-corrected chi connectivity index (χ3v) is 5.77. The second-order valence-electron chi connectivity index (χ2n) is 7.41. The minimum atomic E-state index is -0.171. The van der Waals surface area contributed by atoms with Crippen molar-refractivity contribution in [2.75, 3.05) is 37.9 Å².